The third-order valence-corrected chi connectivity index (χ3v) is 4.17. The van der Waals surface area contributed by atoms with E-state index in [0.29, 0.717) is 6.42 Å². The van der Waals surface area contributed by atoms with E-state index >= 15 is 0 Å². The van der Waals surface area contributed by atoms with Gasteiger partial charge in [0.15, 0.2) is 0 Å². The molecular formula is C20H22N2O4. The van der Waals surface area contributed by atoms with Gasteiger partial charge in [-0.25, -0.2) is 9.59 Å². The zero-order valence-electron chi connectivity index (χ0n) is 14.9. The van der Waals surface area contributed by atoms with E-state index in [2.05, 4.69) is 0 Å². The van der Waals surface area contributed by atoms with Crippen LogP contribution in [0.1, 0.15) is 11.1 Å². The average molecular weight is 354 g/mol. The third kappa shape index (κ3) is 4.14. The molecule has 0 fully saturated rings. The molecule has 0 radical (unpaired) electrons. The Morgan fingerprint density at radius 2 is 1.77 bits per heavy atom. The Kier molecular flexibility index (Phi) is 5.41. The molecule has 1 aliphatic rings. The van der Waals surface area contributed by atoms with Crippen molar-refractivity contribution in [1.29, 1.82) is 0 Å². The number of rotatable bonds is 3. The van der Waals surface area contributed by atoms with Crippen LogP contribution in [0.5, 0.6) is 0 Å². The number of ether oxygens (including phenoxy) is 2. The summed E-state index contributed by atoms with van der Waals surface area (Å²) >= 11 is 0. The molecule has 0 N–H and O–H groups in total. The number of carbonyl (C=O) groups is 2. The van der Waals surface area contributed by atoms with Crippen LogP contribution in [0.15, 0.2) is 54.6 Å². The standard InChI is InChI=1S/C20H22N2O4/c1-21(2)19(23)26-17-12-16-10-6-7-11-18(16)22(13-17)20(24)25-14-15-8-4-3-5-9-15/h3-11,17H,12-14H2,1-2H3/t17-/m1/s1. The molecule has 6 nitrogen and oxygen atoms in total. The van der Waals surface area contributed by atoms with E-state index in [1.165, 1.54) is 9.80 Å². The van der Waals surface area contributed by atoms with Crippen molar-refractivity contribution in [3.05, 3.63) is 65.7 Å². The van der Waals surface area contributed by atoms with Crippen LogP contribution in [-0.4, -0.2) is 43.8 Å². The highest BCUT2D eigenvalue weighted by atomic mass is 16.6. The monoisotopic (exact) mass is 354 g/mol. The number of carbonyl (C=O) groups excluding carboxylic acids is 2. The predicted octanol–water partition coefficient (Wildman–Crippen LogP) is 3.45. The quantitative estimate of drug-likeness (QED) is 0.847. The van der Waals surface area contributed by atoms with E-state index in [1.54, 1.807) is 14.1 Å². The van der Waals surface area contributed by atoms with Crippen molar-refractivity contribution in [3.63, 3.8) is 0 Å². The highest BCUT2D eigenvalue weighted by Gasteiger charge is 2.31. The fourth-order valence-corrected chi connectivity index (χ4v) is 2.86. The Morgan fingerprint density at radius 1 is 1.08 bits per heavy atom. The maximum absolute atomic E-state index is 12.7. The lowest BCUT2D eigenvalue weighted by atomic mass is 10.00. The number of para-hydroxylation sites is 1. The molecule has 3 rings (SSSR count). The first-order chi connectivity index (χ1) is 12.5. The molecule has 6 heteroatoms. The number of benzene rings is 2. The molecule has 136 valence electrons. The highest BCUT2D eigenvalue weighted by Crippen LogP contribution is 2.29. The minimum atomic E-state index is -0.452. The lowest BCUT2D eigenvalue weighted by Gasteiger charge is -2.33. The minimum absolute atomic E-state index is 0.195. The summed E-state index contributed by atoms with van der Waals surface area (Å²) in [6.07, 6.45) is -0.721. The van der Waals surface area contributed by atoms with Crippen LogP contribution in [0.2, 0.25) is 0 Å². The Hall–Kier alpha value is -3.02. The number of nitrogens with zero attached hydrogens (tertiary/aromatic N) is 2. The number of anilines is 1. The van der Waals surface area contributed by atoms with Gasteiger partial charge in [0.2, 0.25) is 0 Å². The fourth-order valence-electron chi connectivity index (χ4n) is 2.86. The summed E-state index contributed by atoms with van der Waals surface area (Å²) in [5.74, 6) is 0. The molecule has 1 atom stereocenters. The molecule has 0 aliphatic carbocycles. The summed E-state index contributed by atoms with van der Waals surface area (Å²) in [6, 6.07) is 17.1. The van der Waals surface area contributed by atoms with E-state index in [9.17, 15) is 9.59 Å². The van der Waals surface area contributed by atoms with Crippen LogP contribution >= 0.6 is 0 Å². The summed E-state index contributed by atoms with van der Waals surface area (Å²) in [7, 11) is 3.26. The van der Waals surface area contributed by atoms with E-state index in [4.69, 9.17) is 9.47 Å². The molecule has 2 aromatic rings. The molecule has 1 aliphatic heterocycles. The van der Waals surface area contributed by atoms with Gasteiger partial charge in [0, 0.05) is 20.5 Å². The number of hydrogen-bond donors (Lipinski definition) is 0. The lowest BCUT2D eigenvalue weighted by Crippen LogP contribution is -2.45. The Morgan fingerprint density at radius 3 is 2.50 bits per heavy atom. The molecule has 0 spiro atoms. The van der Waals surface area contributed by atoms with Gasteiger partial charge < -0.3 is 14.4 Å². The first kappa shape index (κ1) is 17.8. The Bertz CT molecular complexity index is 776. The van der Waals surface area contributed by atoms with Gasteiger partial charge in [0.05, 0.1) is 12.2 Å². The van der Waals surface area contributed by atoms with E-state index in [-0.39, 0.29) is 13.2 Å². The van der Waals surface area contributed by atoms with Gasteiger partial charge in [-0.15, -0.1) is 0 Å². The Labute approximate surface area is 152 Å². The van der Waals surface area contributed by atoms with Crippen molar-refractivity contribution in [1.82, 2.24) is 4.90 Å². The van der Waals surface area contributed by atoms with Gasteiger partial charge >= 0.3 is 12.2 Å². The smallest absolute Gasteiger partial charge is 0.414 e. The normalized spacial score (nSPS) is 15.8. The van der Waals surface area contributed by atoms with E-state index < -0.39 is 18.3 Å². The second-order valence-corrected chi connectivity index (χ2v) is 6.38. The second kappa shape index (κ2) is 7.91. The van der Waals surface area contributed by atoms with Crippen LogP contribution in [0, 0.1) is 0 Å². The van der Waals surface area contributed by atoms with E-state index in [1.807, 2.05) is 54.6 Å². The molecule has 0 aromatic heterocycles. The zero-order valence-corrected chi connectivity index (χ0v) is 14.9. The number of hydrogen-bond acceptors (Lipinski definition) is 4. The van der Waals surface area contributed by atoms with Gasteiger partial charge in [-0.2, -0.15) is 0 Å². The first-order valence-electron chi connectivity index (χ1n) is 8.48. The van der Waals surface area contributed by atoms with Gasteiger partial charge in [-0.05, 0) is 17.2 Å². The summed E-state index contributed by atoms with van der Waals surface area (Å²) < 4.78 is 11.0. The van der Waals surface area contributed by atoms with Crippen LogP contribution in [-0.2, 0) is 22.5 Å². The number of fused-ring (bicyclic) bond motifs is 1. The molecule has 2 amide bonds. The van der Waals surface area contributed by atoms with Crippen molar-refractivity contribution in [2.45, 2.75) is 19.1 Å². The highest BCUT2D eigenvalue weighted by molar-refractivity contribution is 5.89. The molecule has 0 saturated heterocycles. The second-order valence-electron chi connectivity index (χ2n) is 6.38. The molecule has 1 heterocycles. The number of amides is 2. The van der Waals surface area contributed by atoms with Crippen LogP contribution in [0.3, 0.4) is 0 Å². The maximum atomic E-state index is 12.7. The molecule has 0 bridgehead atoms. The first-order valence-corrected chi connectivity index (χ1v) is 8.48. The van der Waals surface area contributed by atoms with Crippen LogP contribution in [0.4, 0.5) is 15.3 Å². The van der Waals surface area contributed by atoms with Crippen LogP contribution in [0.25, 0.3) is 0 Å². The summed E-state index contributed by atoms with van der Waals surface area (Å²) in [5.41, 5.74) is 2.66. The Balaban J connectivity index is 1.73. The van der Waals surface area contributed by atoms with Crippen LogP contribution < -0.4 is 4.90 Å². The molecule has 0 unspecified atom stereocenters. The lowest BCUT2D eigenvalue weighted by molar-refractivity contribution is 0.0732. The SMILES string of the molecule is CN(C)C(=O)O[C@@H]1Cc2ccccc2N(C(=O)OCc2ccccc2)C1. The summed E-state index contributed by atoms with van der Waals surface area (Å²) in [5, 5.41) is 0. The van der Waals surface area contributed by atoms with Gasteiger partial charge in [0.25, 0.3) is 0 Å². The molecule has 26 heavy (non-hydrogen) atoms. The average Bonchev–Trinajstić information content (AvgIpc) is 2.66. The minimum Gasteiger partial charge on any atom is -0.444 e. The molecule has 0 saturated carbocycles. The van der Waals surface area contributed by atoms with Gasteiger partial charge in [-0.3, -0.25) is 4.90 Å². The third-order valence-electron chi connectivity index (χ3n) is 4.17. The molecule has 2 aromatic carbocycles. The van der Waals surface area contributed by atoms with Crippen molar-refractivity contribution >= 4 is 17.9 Å². The van der Waals surface area contributed by atoms with Crippen molar-refractivity contribution < 1.29 is 19.1 Å². The van der Waals surface area contributed by atoms with Crippen molar-refractivity contribution in [3.8, 4) is 0 Å². The largest absolute Gasteiger partial charge is 0.444 e. The van der Waals surface area contributed by atoms with Crippen molar-refractivity contribution in [2.24, 2.45) is 0 Å². The summed E-state index contributed by atoms with van der Waals surface area (Å²) in [6.45, 7) is 0.463. The van der Waals surface area contributed by atoms with Gasteiger partial charge in [-0.1, -0.05) is 48.5 Å². The fraction of sp³-hybridized carbons (Fsp3) is 0.300. The maximum Gasteiger partial charge on any atom is 0.414 e. The topological polar surface area (TPSA) is 59.1 Å². The molecular weight excluding hydrogens is 332 g/mol. The zero-order chi connectivity index (χ0) is 18.5. The van der Waals surface area contributed by atoms with Gasteiger partial charge in [0.1, 0.15) is 12.7 Å². The van der Waals surface area contributed by atoms with E-state index in [0.717, 1.165) is 16.8 Å². The summed E-state index contributed by atoms with van der Waals surface area (Å²) in [4.78, 5) is 27.4. The van der Waals surface area contributed by atoms with Crippen molar-refractivity contribution in [2.75, 3.05) is 25.5 Å². The predicted molar refractivity (Wildman–Crippen MR) is 98.1 cm³/mol.